The van der Waals surface area contributed by atoms with E-state index in [1.165, 1.54) is 18.3 Å². The molecule has 0 N–H and O–H groups in total. The Bertz CT molecular complexity index is 546. The molecule has 1 aromatic heterocycles. The maximum absolute atomic E-state index is 13.5. The zero-order valence-electron chi connectivity index (χ0n) is 9.07. The van der Waals surface area contributed by atoms with Crippen molar-refractivity contribution in [3.05, 3.63) is 53.4 Å². The molecule has 1 heterocycles. The topological polar surface area (TPSA) is 34.9 Å². The maximum atomic E-state index is 13.5. The Morgan fingerprint density at radius 3 is 2.81 bits per heavy atom. The van der Waals surface area contributed by atoms with Crippen LogP contribution in [-0.2, 0) is 7.05 Å². The number of aromatic nitrogens is 2. The fraction of sp³-hybridized carbons (Fsp3) is 0.167. The molecule has 0 bridgehead atoms. The van der Waals surface area contributed by atoms with Gasteiger partial charge in [-0.05, 0) is 19.1 Å². The third-order valence-corrected chi connectivity index (χ3v) is 2.39. The van der Waals surface area contributed by atoms with Crippen molar-refractivity contribution in [2.24, 2.45) is 7.05 Å². The van der Waals surface area contributed by atoms with Crippen molar-refractivity contribution in [3.63, 3.8) is 0 Å². The Kier molecular flexibility index (Phi) is 2.56. The third kappa shape index (κ3) is 1.74. The van der Waals surface area contributed by atoms with Gasteiger partial charge >= 0.3 is 0 Å². The maximum Gasteiger partial charge on any atom is 0.231 e. The number of nitrogens with zero attached hydrogens (tertiary/aromatic N) is 2. The number of imidazole rings is 1. The van der Waals surface area contributed by atoms with Crippen molar-refractivity contribution >= 4 is 5.78 Å². The van der Waals surface area contributed by atoms with Gasteiger partial charge in [-0.2, -0.15) is 0 Å². The molecule has 3 nitrogen and oxygen atoms in total. The molecule has 0 atom stereocenters. The summed E-state index contributed by atoms with van der Waals surface area (Å²) in [5, 5.41) is 0. The first-order valence-electron chi connectivity index (χ1n) is 4.88. The minimum absolute atomic E-state index is 0.0642. The van der Waals surface area contributed by atoms with Crippen LogP contribution < -0.4 is 0 Å². The molecule has 0 amide bonds. The molecule has 2 aromatic rings. The minimum atomic E-state index is -0.515. The second kappa shape index (κ2) is 3.89. The summed E-state index contributed by atoms with van der Waals surface area (Å²) in [6.45, 7) is 1.81. The van der Waals surface area contributed by atoms with Gasteiger partial charge in [-0.3, -0.25) is 4.79 Å². The van der Waals surface area contributed by atoms with E-state index in [0.29, 0.717) is 0 Å². The SMILES string of the molecule is Cc1ccc(F)c(C(=O)c2nccn2C)c1. The summed E-state index contributed by atoms with van der Waals surface area (Å²) in [5.74, 6) is -0.670. The van der Waals surface area contributed by atoms with Crippen molar-refractivity contribution in [2.45, 2.75) is 6.92 Å². The lowest BCUT2D eigenvalue weighted by atomic mass is 10.1. The van der Waals surface area contributed by atoms with Crippen LogP contribution in [0.3, 0.4) is 0 Å². The molecule has 16 heavy (non-hydrogen) atoms. The zero-order chi connectivity index (χ0) is 11.7. The number of hydrogen-bond acceptors (Lipinski definition) is 2. The van der Waals surface area contributed by atoms with Gasteiger partial charge < -0.3 is 4.57 Å². The van der Waals surface area contributed by atoms with Gasteiger partial charge in [0.2, 0.25) is 5.78 Å². The first-order valence-corrected chi connectivity index (χ1v) is 4.88. The first kappa shape index (κ1) is 10.5. The number of benzene rings is 1. The standard InChI is InChI=1S/C12H11FN2O/c1-8-3-4-10(13)9(7-8)11(16)12-14-5-6-15(12)2/h3-7H,1-2H3. The molecule has 0 fully saturated rings. The number of hydrogen-bond donors (Lipinski definition) is 0. The highest BCUT2D eigenvalue weighted by Crippen LogP contribution is 2.14. The summed E-state index contributed by atoms with van der Waals surface area (Å²) in [5.41, 5.74) is 0.910. The summed E-state index contributed by atoms with van der Waals surface area (Å²) >= 11 is 0. The highest BCUT2D eigenvalue weighted by atomic mass is 19.1. The van der Waals surface area contributed by atoms with Crippen molar-refractivity contribution in [1.29, 1.82) is 0 Å². The van der Waals surface area contributed by atoms with E-state index in [9.17, 15) is 9.18 Å². The zero-order valence-corrected chi connectivity index (χ0v) is 9.07. The molecular weight excluding hydrogens is 207 g/mol. The van der Waals surface area contributed by atoms with Gasteiger partial charge in [0.05, 0.1) is 5.56 Å². The highest BCUT2D eigenvalue weighted by molar-refractivity contribution is 6.06. The van der Waals surface area contributed by atoms with E-state index in [-0.39, 0.29) is 11.4 Å². The summed E-state index contributed by atoms with van der Waals surface area (Å²) in [6, 6.07) is 4.46. The second-order valence-corrected chi connectivity index (χ2v) is 3.67. The van der Waals surface area contributed by atoms with E-state index in [1.54, 1.807) is 23.9 Å². The van der Waals surface area contributed by atoms with Crippen LogP contribution in [0.5, 0.6) is 0 Å². The monoisotopic (exact) mass is 218 g/mol. The lowest BCUT2D eigenvalue weighted by molar-refractivity contribution is 0.102. The van der Waals surface area contributed by atoms with Crippen molar-refractivity contribution in [3.8, 4) is 0 Å². The Balaban J connectivity index is 2.49. The number of rotatable bonds is 2. The molecule has 0 unspecified atom stereocenters. The van der Waals surface area contributed by atoms with Gasteiger partial charge in [0.25, 0.3) is 0 Å². The summed E-state index contributed by atoms with van der Waals surface area (Å²) in [4.78, 5) is 15.9. The van der Waals surface area contributed by atoms with Crippen LogP contribution in [0.15, 0.2) is 30.6 Å². The van der Waals surface area contributed by atoms with Gasteiger partial charge in [0, 0.05) is 19.4 Å². The molecule has 0 aliphatic rings. The number of ketones is 1. The smallest absolute Gasteiger partial charge is 0.231 e. The number of aryl methyl sites for hydroxylation is 2. The molecule has 0 aliphatic heterocycles. The highest BCUT2D eigenvalue weighted by Gasteiger charge is 2.17. The van der Waals surface area contributed by atoms with Crippen LogP contribution in [-0.4, -0.2) is 15.3 Å². The molecule has 1 aromatic carbocycles. The van der Waals surface area contributed by atoms with Gasteiger partial charge in [-0.15, -0.1) is 0 Å². The third-order valence-electron chi connectivity index (χ3n) is 2.39. The number of halogens is 1. The number of carbonyl (C=O) groups is 1. The molecular formula is C12H11FN2O. The van der Waals surface area contributed by atoms with Crippen LogP contribution >= 0.6 is 0 Å². The average Bonchev–Trinajstić information content (AvgIpc) is 2.67. The lowest BCUT2D eigenvalue weighted by Gasteiger charge is -2.03. The van der Waals surface area contributed by atoms with Crippen LogP contribution in [0.1, 0.15) is 21.7 Å². The average molecular weight is 218 g/mol. The number of carbonyl (C=O) groups excluding carboxylic acids is 1. The largest absolute Gasteiger partial charge is 0.331 e. The van der Waals surface area contributed by atoms with Crippen LogP contribution in [0.25, 0.3) is 0 Å². The van der Waals surface area contributed by atoms with Crippen LogP contribution in [0.4, 0.5) is 4.39 Å². The van der Waals surface area contributed by atoms with E-state index in [0.717, 1.165) is 5.56 Å². The molecule has 0 saturated carbocycles. The molecule has 0 saturated heterocycles. The van der Waals surface area contributed by atoms with Gasteiger partial charge in [0.15, 0.2) is 5.82 Å². The molecule has 82 valence electrons. The fourth-order valence-electron chi connectivity index (χ4n) is 1.52. The Morgan fingerprint density at radius 2 is 2.19 bits per heavy atom. The van der Waals surface area contributed by atoms with Crippen LogP contribution in [0.2, 0.25) is 0 Å². The molecule has 2 rings (SSSR count). The Morgan fingerprint density at radius 1 is 1.44 bits per heavy atom. The predicted octanol–water partition coefficient (Wildman–Crippen LogP) is 2.10. The van der Waals surface area contributed by atoms with E-state index in [4.69, 9.17) is 0 Å². The van der Waals surface area contributed by atoms with E-state index < -0.39 is 11.6 Å². The predicted molar refractivity (Wildman–Crippen MR) is 57.8 cm³/mol. The molecule has 0 aliphatic carbocycles. The summed E-state index contributed by atoms with van der Waals surface area (Å²) in [6.07, 6.45) is 3.17. The minimum Gasteiger partial charge on any atom is -0.331 e. The fourth-order valence-corrected chi connectivity index (χ4v) is 1.52. The summed E-state index contributed by atoms with van der Waals surface area (Å²) < 4.78 is 15.1. The van der Waals surface area contributed by atoms with Gasteiger partial charge in [-0.1, -0.05) is 11.6 Å². The van der Waals surface area contributed by atoms with Crippen molar-refractivity contribution in [1.82, 2.24) is 9.55 Å². The lowest BCUT2D eigenvalue weighted by Crippen LogP contribution is -2.10. The molecule has 0 radical (unpaired) electrons. The van der Waals surface area contributed by atoms with E-state index >= 15 is 0 Å². The Hall–Kier alpha value is -1.97. The second-order valence-electron chi connectivity index (χ2n) is 3.67. The van der Waals surface area contributed by atoms with E-state index in [2.05, 4.69) is 4.98 Å². The first-order chi connectivity index (χ1) is 7.59. The van der Waals surface area contributed by atoms with E-state index in [1.807, 2.05) is 6.92 Å². The summed E-state index contributed by atoms with van der Waals surface area (Å²) in [7, 11) is 1.70. The molecule has 0 spiro atoms. The normalized spacial score (nSPS) is 10.4. The van der Waals surface area contributed by atoms with Gasteiger partial charge in [0.1, 0.15) is 5.82 Å². The Labute approximate surface area is 92.5 Å². The van der Waals surface area contributed by atoms with Crippen LogP contribution in [0, 0.1) is 12.7 Å². The quantitative estimate of drug-likeness (QED) is 0.723. The molecule has 4 heteroatoms. The van der Waals surface area contributed by atoms with Crippen molar-refractivity contribution in [2.75, 3.05) is 0 Å². The van der Waals surface area contributed by atoms with Gasteiger partial charge in [-0.25, -0.2) is 9.37 Å². The van der Waals surface area contributed by atoms with Crippen molar-refractivity contribution < 1.29 is 9.18 Å².